The fraction of sp³-hybridized carbons (Fsp3) is 0.417. The maximum absolute atomic E-state index is 11.2. The van der Waals surface area contributed by atoms with Gasteiger partial charge in [-0.2, -0.15) is 0 Å². The Hall–Kier alpha value is -0.470. The molecule has 1 nitrogen and oxygen atoms in total. The van der Waals surface area contributed by atoms with Crippen LogP contribution in [0.2, 0.25) is 0 Å². The van der Waals surface area contributed by atoms with E-state index >= 15 is 0 Å². The Morgan fingerprint density at radius 1 is 1.47 bits per heavy atom. The van der Waals surface area contributed by atoms with Crippen molar-refractivity contribution in [2.45, 2.75) is 24.7 Å². The highest BCUT2D eigenvalue weighted by molar-refractivity contribution is 7.98. The maximum atomic E-state index is 11.2. The highest BCUT2D eigenvalue weighted by Crippen LogP contribution is 2.22. The molecule has 0 aliphatic rings. The Kier molecular flexibility index (Phi) is 5.20. The van der Waals surface area contributed by atoms with Crippen molar-refractivity contribution in [1.82, 2.24) is 0 Å². The fourth-order valence-corrected chi connectivity index (χ4v) is 2.30. The van der Waals surface area contributed by atoms with E-state index in [0.717, 1.165) is 12.0 Å². The van der Waals surface area contributed by atoms with Crippen LogP contribution in [0.5, 0.6) is 0 Å². The summed E-state index contributed by atoms with van der Waals surface area (Å²) in [6, 6.07) is 6.21. The zero-order valence-electron chi connectivity index (χ0n) is 9.05. The summed E-state index contributed by atoms with van der Waals surface area (Å²) in [7, 11) is 0. The number of hydrogen-bond donors (Lipinski definition) is 0. The van der Waals surface area contributed by atoms with Crippen LogP contribution in [0.25, 0.3) is 0 Å². The zero-order chi connectivity index (χ0) is 11.3. The Morgan fingerprint density at radius 2 is 2.20 bits per heavy atom. The van der Waals surface area contributed by atoms with E-state index in [9.17, 15) is 4.79 Å². The average molecular weight is 243 g/mol. The second kappa shape index (κ2) is 6.19. The van der Waals surface area contributed by atoms with Crippen LogP contribution < -0.4 is 0 Å². The molecule has 0 radical (unpaired) electrons. The lowest BCUT2D eigenvalue weighted by Gasteiger charge is -2.07. The molecule has 1 aromatic carbocycles. The molecule has 0 bridgehead atoms. The van der Waals surface area contributed by atoms with E-state index in [0.29, 0.717) is 6.42 Å². The SMILES string of the molecule is CCc1ccc(CC(=O)CCl)cc1SC. The standard InChI is InChI=1S/C12H15ClOS/c1-3-10-5-4-9(6-11(14)8-13)7-12(10)15-2/h4-5,7H,3,6,8H2,1-2H3. The molecule has 15 heavy (non-hydrogen) atoms. The molecule has 0 aromatic heterocycles. The molecule has 0 aliphatic carbocycles. The van der Waals surface area contributed by atoms with Crippen LogP contribution in [0.15, 0.2) is 23.1 Å². The van der Waals surface area contributed by atoms with Gasteiger partial charge in [0, 0.05) is 11.3 Å². The van der Waals surface area contributed by atoms with Crippen LogP contribution in [0.3, 0.4) is 0 Å². The maximum Gasteiger partial charge on any atom is 0.151 e. The van der Waals surface area contributed by atoms with E-state index in [1.54, 1.807) is 11.8 Å². The number of hydrogen-bond acceptors (Lipinski definition) is 2. The van der Waals surface area contributed by atoms with Gasteiger partial charge in [-0.25, -0.2) is 0 Å². The van der Waals surface area contributed by atoms with Gasteiger partial charge in [0.1, 0.15) is 0 Å². The minimum atomic E-state index is 0.0768. The van der Waals surface area contributed by atoms with E-state index < -0.39 is 0 Å². The van der Waals surface area contributed by atoms with Crippen molar-refractivity contribution in [3.63, 3.8) is 0 Å². The summed E-state index contributed by atoms with van der Waals surface area (Å²) in [5.41, 5.74) is 2.40. The lowest BCUT2D eigenvalue weighted by atomic mass is 10.1. The number of Topliss-reactive ketones (excluding diaryl/α,β-unsaturated/α-hetero) is 1. The molecule has 1 aromatic rings. The van der Waals surface area contributed by atoms with Crippen LogP contribution in [0.4, 0.5) is 0 Å². The quantitative estimate of drug-likeness (QED) is 0.582. The molecule has 0 spiro atoms. The van der Waals surface area contributed by atoms with Gasteiger partial charge in [0.25, 0.3) is 0 Å². The van der Waals surface area contributed by atoms with Gasteiger partial charge >= 0.3 is 0 Å². The summed E-state index contributed by atoms with van der Waals surface area (Å²) in [4.78, 5) is 12.5. The van der Waals surface area contributed by atoms with Gasteiger partial charge in [0.2, 0.25) is 0 Å². The molecule has 0 N–H and O–H groups in total. The number of ketones is 1. The van der Waals surface area contributed by atoms with E-state index in [1.165, 1.54) is 10.5 Å². The van der Waals surface area contributed by atoms with Gasteiger partial charge < -0.3 is 0 Å². The number of carbonyl (C=O) groups is 1. The smallest absolute Gasteiger partial charge is 0.151 e. The first kappa shape index (κ1) is 12.6. The molecule has 82 valence electrons. The molecule has 0 atom stereocenters. The van der Waals surface area contributed by atoms with Gasteiger partial charge in [-0.3, -0.25) is 4.79 Å². The Bertz CT molecular complexity index is 349. The summed E-state index contributed by atoms with van der Waals surface area (Å²) in [5.74, 6) is 0.178. The average Bonchev–Trinajstić information content (AvgIpc) is 2.28. The zero-order valence-corrected chi connectivity index (χ0v) is 10.6. The van der Waals surface area contributed by atoms with E-state index in [2.05, 4.69) is 25.3 Å². The molecule has 0 heterocycles. The molecular formula is C12H15ClOS. The normalized spacial score (nSPS) is 10.3. The van der Waals surface area contributed by atoms with E-state index in [4.69, 9.17) is 11.6 Å². The monoisotopic (exact) mass is 242 g/mol. The molecule has 0 aliphatic heterocycles. The second-order valence-electron chi connectivity index (χ2n) is 3.35. The summed E-state index contributed by atoms with van der Waals surface area (Å²) in [5, 5.41) is 0. The van der Waals surface area contributed by atoms with Crippen LogP contribution in [-0.2, 0) is 17.6 Å². The van der Waals surface area contributed by atoms with Crippen LogP contribution in [-0.4, -0.2) is 17.9 Å². The van der Waals surface area contributed by atoms with Crippen molar-refractivity contribution >= 4 is 29.1 Å². The van der Waals surface area contributed by atoms with Crippen molar-refractivity contribution in [3.8, 4) is 0 Å². The number of thioether (sulfide) groups is 1. The predicted octanol–water partition coefficient (Wildman–Crippen LogP) is 3.32. The Balaban J connectivity index is 2.88. The van der Waals surface area contributed by atoms with Crippen molar-refractivity contribution in [1.29, 1.82) is 0 Å². The number of halogens is 1. The molecule has 0 unspecified atom stereocenters. The fourth-order valence-electron chi connectivity index (χ4n) is 1.47. The molecule has 1 rings (SSSR count). The highest BCUT2D eigenvalue weighted by atomic mass is 35.5. The summed E-state index contributed by atoms with van der Waals surface area (Å²) in [6.07, 6.45) is 3.53. The van der Waals surface area contributed by atoms with Gasteiger partial charge in [-0.1, -0.05) is 19.1 Å². The number of aryl methyl sites for hydroxylation is 1. The minimum absolute atomic E-state index is 0.0768. The van der Waals surface area contributed by atoms with Crippen molar-refractivity contribution < 1.29 is 4.79 Å². The third-order valence-corrected chi connectivity index (χ3v) is 3.40. The predicted molar refractivity (Wildman–Crippen MR) is 67.0 cm³/mol. The summed E-state index contributed by atoms with van der Waals surface area (Å²) >= 11 is 7.20. The second-order valence-corrected chi connectivity index (χ2v) is 4.46. The lowest BCUT2D eigenvalue weighted by Crippen LogP contribution is -2.04. The lowest BCUT2D eigenvalue weighted by molar-refractivity contribution is -0.116. The molecule has 3 heteroatoms. The number of alkyl halides is 1. The van der Waals surface area contributed by atoms with Gasteiger partial charge in [0.15, 0.2) is 5.78 Å². The molecule has 0 saturated carbocycles. The van der Waals surface area contributed by atoms with Crippen LogP contribution in [0, 0.1) is 0 Å². The van der Waals surface area contributed by atoms with Gasteiger partial charge in [-0.05, 0) is 29.9 Å². The largest absolute Gasteiger partial charge is 0.298 e. The van der Waals surface area contributed by atoms with E-state index in [1.807, 2.05) is 6.07 Å². The van der Waals surface area contributed by atoms with Crippen molar-refractivity contribution in [2.75, 3.05) is 12.1 Å². The molecular weight excluding hydrogens is 228 g/mol. The number of carbonyl (C=O) groups excluding carboxylic acids is 1. The molecule has 0 saturated heterocycles. The van der Waals surface area contributed by atoms with Crippen LogP contribution >= 0.6 is 23.4 Å². The highest BCUT2D eigenvalue weighted by Gasteiger charge is 2.05. The first-order chi connectivity index (χ1) is 7.21. The topological polar surface area (TPSA) is 17.1 Å². The first-order valence-electron chi connectivity index (χ1n) is 4.94. The van der Waals surface area contributed by atoms with Crippen molar-refractivity contribution in [3.05, 3.63) is 29.3 Å². The first-order valence-corrected chi connectivity index (χ1v) is 6.70. The van der Waals surface area contributed by atoms with Gasteiger partial charge in [-0.15, -0.1) is 23.4 Å². The molecule has 0 fully saturated rings. The van der Waals surface area contributed by atoms with Crippen LogP contribution in [0.1, 0.15) is 18.1 Å². The third kappa shape index (κ3) is 3.54. The number of benzene rings is 1. The molecule has 0 amide bonds. The summed E-state index contributed by atoms with van der Waals surface area (Å²) < 4.78 is 0. The summed E-state index contributed by atoms with van der Waals surface area (Å²) in [6.45, 7) is 2.14. The number of rotatable bonds is 5. The Morgan fingerprint density at radius 3 is 2.73 bits per heavy atom. The third-order valence-electron chi connectivity index (χ3n) is 2.28. The minimum Gasteiger partial charge on any atom is -0.298 e. The van der Waals surface area contributed by atoms with Gasteiger partial charge in [0.05, 0.1) is 5.88 Å². The van der Waals surface area contributed by atoms with Crippen molar-refractivity contribution in [2.24, 2.45) is 0 Å². The Labute approximate surface area is 100 Å². The van der Waals surface area contributed by atoms with E-state index in [-0.39, 0.29) is 11.7 Å².